The maximum absolute atomic E-state index is 12.2. The molecule has 0 atom stereocenters. The van der Waals surface area contributed by atoms with Crippen LogP contribution in [0.1, 0.15) is 0 Å². The van der Waals surface area contributed by atoms with Crippen LogP contribution in [0.4, 0.5) is 13.2 Å². The summed E-state index contributed by atoms with van der Waals surface area (Å²) in [6, 6.07) is 3.94. The van der Waals surface area contributed by atoms with E-state index in [2.05, 4.69) is 19.7 Å². The van der Waals surface area contributed by atoms with Gasteiger partial charge in [-0.15, -0.1) is 13.2 Å². The smallest absolute Gasteiger partial charge is 0.406 e. The van der Waals surface area contributed by atoms with Crippen LogP contribution in [0.25, 0.3) is 21.9 Å². The van der Waals surface area contributed by atoms with Crippen molar-refractivity contribution >= 4 is 33.5 Å². The number of fused-ring (bicyclic) bond motifs is 3. The van der Waals surface area contributed by atoms with E-state index < -0.39 is 6.36 Å². The second kappa shape index (κ2) is 3.99. The highest BCUT2D eigenvalue weighted by Gasteiger charge is 2.31. The summed E-state index contributed by atoms with van der Waals surface area (Å²) in [5.74, 6) is -0.310. The number of H-pyrrole nitrogens is 1. The SMILES string of the molecule is FC(F)(F)Oc1ccc2[nH]c3c(Cl)ncnc3c2c1. The number of nitrogens with zero attached hydrogens (tertiary/aromatic N) is 2. The van der Waals surface area contributed by atoms with E-state index in [1.165, 1.54) is 24.5 Å². The lowest BCUT2D eigenvalue weighted by Crippen LogP contribution is -2.16. The topological polar surface area (TPSA) is 50.8 Å². The second-order valence-electron chi connectivity index (χ2n) is 3.77. The van der Waals surface area contributed by atoms with Crippen LogP contribution >= 0.6 is 11.6 Å². The fourth-order valence-electron chi connectivity index (χ4n) is 1.84. The van der Waals surface area contributed by atoms with Crippen LogP contribution in [0.15, 0.2) is 24.5 Å². The average Bonchev–Trinajstić information content (AvgIpc) is 2.67. The third kappa shape index (κ3) is 2.17. The Bertz CT molecular complexity index is 769. The molecule has 1 aromatic carbocycles. The van der Waals surface area contributed by atoms with Gasteiger partial charge in [-0.25, -0.2) is 9.97 Å². The van der Waals surface area contributed by atoms with Gasteiger partial charge in [0.1, 0.15) is 23.1 Å². The molecule has 3 aromatic rings. The minimum absolute atomic E-state index is 0.208. The van der Waals surface area contributed by atoms with Gasteiger partial charge in [-0.1, -0.05) is 11.6 Å². The van der Waals surface area contributed by atoms with Gasteiger partial charge in [-0.2, -0.15) is 0 Å². The van der Waals surface area contributed by atoms with E-state index in [1.54, 1.807) is 0 Å². The molecule has 2 aromatic heterocycles. The molecule has 0 unspecified atom stereocenters. The minimum Gasteiger partial charge on any atom is -0.406 e. The lowest BCUT2D eigenvalue weighted by atomic mass is 10.2. The van der Waals surface area contributed by atoms with Crippen molar-refractivity contribution in [2.24, 2.45) is 0 Å². The number of alkyl halides is 3. The molecule has 3 rings (SSSR count). The van der Waals surface area contributed by atoms with E-state index in [-0.39, 0.29) is 10.9 Å². The van der Waals surface area contributed by atoms with Crippen molar-refractivity contribution < 1.29 is 17.9 Å². The summed E-state index contributed by atoms with van der Waals surface area (Å²) >= 11 is 5.88. The lowest BCUT2D eigenvalue weighted by molar-refractivity contribution is -0.274. The number of rotatable bonds is 1. The van der Waals surface area contributed by atoms with Crippen molar-refractivity contribution in [1.82, 2.24) is 15.0 Å². The number of hydrogen-bond donors (Lipinski definition) is 1. The number of benzene rings is 1. The van der Waals surface area contributed by atoms with E-state index in [9.17, 15) is 13.2 Å². The zero-order chi connectivity index (χ0) is 13.6. The normalized spacial score (nSPS) is 12.2. The molecule has 0 fully saturated rings. The van der Waals surface area contributed by atoms with Crippen LogP contribution in [0.5, 0.6) is 5.75 Å². The number of halogens is 4. The van der Waals surface area contributed by atoms with E-state index in [4.69, 9.17) is 11.6 Å². The van der Waals surface area contributed by atoms with Crippen LogP contribution in [0.3, 0.4) is 0 Å². The predicted molar refractivity (Wildman–Crippen MR) is 63.1 cm³/mol. The van der Waals surface area contributed by atoms with Gasteiger partial charge in [0.15, 0.2) is 5.15 Å². The first-order valence-corrected chi connectivity index (χ1v) is 5.49. The molecule has 2 heterocycles. The van der Waals surface area contributed by atoms with Gasteiger partial charge in [-0.3, -0.25) is 0 Å². The summed E-state index contributed by atoms with van der Waals surface area (Å²) in [5.41, 5.74) is 1.53. The zero-order valence-electron chi connectivity index (χ0n) is 9.12. The van der Waals surface area contributed by atoms with Gasteiger partial charge in [-0.05, 0) is 18.2 Å². The van der Waals surface area contributed by atoms with Crippen LogP contribution in [0, 0.1) is 0 Å². The number of nitrogens with one attached hydrogen (secondary N) is 1. The van der Waals surface area contributed by atoms with Crippen molar-refractivity contribution in [3.05, 3.63) is 29.7 Å². The number of aromatic nitrogens is 3. The molecule has 19 heavy (non-hydrogen) atoms. The molecule has 0 aliphatic heterocycles. The Morgan fingerprint density at radius 2 is 2.00 bits per heavy atom. The van der Waals surface area contributed by atoms with Gasteiger partial charge in [0.25, 0.3) is 0 Å². The standard InChI is InChI=1S/C11H5ClF3N3O/c12-10-9-8(16-4-17-10)6-3-5(19-11(13,14)15)1-2-7(6)18-9/h1-4,18H. The molecule has 0 saturated heterocycles. The first-order chi connectivity index (χ1) is 8.94. The van der Waals surface area contributed by atoms with E-state index in [0.717, 1.165) is 0 Å². The number of hydrogen-bond acceptors (Lipinski definition) is 3. The lowest BCUT2D eigenvalue weighted by Gasteiger charge is -2.08. The Labute approximate surface area is 109 Å². The van der Waals surface area contributed by atoms with Crippen LogP contribution in [-0.2, 0) is 0 Å². The Balaban J connectivity index is 2.22. The van der Waals surface area contributed by atoms with Crippen molar-refractivity contribution in [1.29, 1.82) is 0 Å². The first kappa shape index (κ1) is 12.0. The molecule has 0 aliphatic rings. The molecule has 8 heteroatoms. The molecule has 4 nitrogen and oxygen atoms in total. The number of aromatic amines is 1. The van der Waals surface area contributed by atoms with Gasteiger partial charge in [0, 0.05) is 10.9 Å². The van der Waals surface area contributed by atoms with E-state index in [1.807, 2.05) is 0 Å². The molecule has 0 aliphatic carbocycles. The maximum Gasteiger partial charge on any atom is 0.573 e. The van der Waals surface area contributed by atoms with Gasteiger partial charge < -0.3 is 9.72 Å². The summed E-state index contributed by atoms with van der Waals surface area (Å²) in [7, 11) is 0. The molecular formula is C11H5ClF3N3O. The molecular weight excluding hydrogens is 283 g/mol. The van der Waals surface area contributed by atoms with Crippen molar-refractivity contribution in [3.63, 3.8) is 0 Å². The highest BCUT2D eigenvalue weighted by atomic mass is 35.5. The molecule has 98 valence electrons. The van der Waals surface area contributed by atoms with Crippen LogP contribution in [-0.4, -0.2) is 21.3 Å². The Hall–Kier alpha value is -2.02. The first-order valence-electron chi connectivity index (χ1n) is 5.12. The third-order valence-corrected chi connectivity index (χ3v) is 2.83. The monoisotopic (exact) mass is 287 g/mol. The summed E-state index contributed by atoms with van der Waals surface area (Å²) in [5, 5.41) is 0.695. The van der Waals surface area contributed by atoms with E-state index >= 15 is 0 Å². The summed E-state index contributed by atoms with van der Waals surface area (Å²) in [6.45, 7) is 0. The molecule has 0 radical (unpaired) electrons. The third-order valence-electron chi connectivity index (χ3n) is 2.54. The quantitative estimate of drug-likeness (QED) is 0.695. The zero-order valence-corrected chi connectivity index (χ0v) is 9.88. The van der Waals surface area contributed by atoms with Crippen molar-refractivity contribution in [3.8, 4) is 5.75 Å². The Morgan fingerprint density at radius 3 is 2.74 bits per heavy atom. The highest BCUT2D eigenvalue weighted by molar-refractivity contribution is 6.34. The molecule has 0 saturated carbocycles. The number of ether oxygens (including phenoxy) is 1. The van der Waals surface area contributed by atoms with Gasteiger partial charge in [0.05, 0.1) is 0 Å². The molecule has 0 bridgehead atoms. The molecule has 0 amide bonds. The predicted octanol–water partition coefficient (Wildman–Crippen LogP) is 3.66. The summed E-state index contributed by atoms with van der Waals surface area (Å²) in [4.78, 5) is 10.7. The van der Waals surface area contributed by atoms with Gasteiger partial charge in [0.2, 0.25) is 0 Å². The minimum atomic E-state index is -4.73. The fourth-order valence-corrected chi connectivity index (χ4v) is 2.02. The molecule has 1 N–H and O–H groups in total. The Kier molecular flexibility index (Phi) is 2.53. The van der Waals surface area contributed by atoms with Gasteiger partial charge >= 0.3 is 6.36 Å². The maximum atomic E-state index is 12.2. The van der Waals surface area contributed by atoms with Crippen molar-refractivity contribution in [2.75, 3.05) is 0 Å². The highest BCUT2D eigenvalue weighted by Crippen LogP contribution is 2.31. The summed E-state index contributed by atoms with van der Waals surface area (Å²) in [6.07, 6.45) is -3.48. The Morgan fingerprint density at radius 1 is 1.21 bits per heavy atom. The van der Waals surface area contributed by atoms with E-state index in [0.29, 0.717) is 21.9 Å². The second-order valence-corrected chi connectivity index (χ2v) is 4.13. The van der Waals surface area contributed by atoms with Crippen LogP contribution < -0.4 is 4.74 Å². The summed E-state index contributed by atoms with van der Waals surface area (Å²) < 4.78 is 40.4. The van der Waals surface area contributed by atoms with Crippen LogP contribution in [0.2, 0.25) is 5.15 Å². The average molecular weight is 288 g/mol. The fraction of sp³-hybridized carbons (Fsp3) is 0.0909. The largest absolute Gasteiger partial charge is 0.573 e. The molecule has 0 spiro atoms. The van der Waals surface area contributed by atoms with Crippen molar-refractivity contribution in [2.45, 2.75) is 6.36 Å².